The van der Waals surface area contributed by atoms with E-state index in [1.807, 2.05) is 41.0 Å². The average Bonchev–Trinajstić information content (AvgIpc) is 2.90. The van der Waals surface area contributed by atoms with Gasteiger partial charge in [-0.15, -0.1) is 12.4 Å². The number of hydrogen-bond donors (Lipinski definition) is 1. The van der Waals surface area contributed by atoms with Crippen LogP contribution in [0.3, 0.4) is 0 Å². The summed E-state index contributed by atoms with van der Waals surface area (Å²) in [5.41, 5.74) is 6.91. The van der Waals surface area contributed by atoms with Crippen LogP contribution in [0.1, 0.15) is 6.92 Å². The Labute approximate surface area is 216 Å². The van der Waals surface area contributed by atoms with Gasteiger partial charge in [0.25, 0.3) is 0 Å². The van der Waals surface area contributed by atoms with Crippen molar-refractivity contribution in [1.29, 1.82) is 0 Å². The molecule has 1 aliphatic rings. The summed E-state index contributed by atoms with van der Waals surface area (Å²) in [5, 5.41) is 0.698. The third-order valence-electron chi connectivity index (χ3n) is 6.07. The van der Waals surface area contributed by atoms with Crippen LogP contribution >= 0.6 is 12.4 Å². The van der Waals surface area contributed by atoms with Crippen LogP contribution in [0.5, 0.6) is 23.0 Å². The fourth-order valence-electron chi connectivity index (χ4n) is 4.07. The molecular formula is C25H32ClN5O5. The Bertz CT molecular complexity index is 1200. The average molecular weight is 518 g/mol. The van der Waals surface area contributed by atoms with E-state index < -0.39 is 0 Å². The van der Waals surface area contributed by atoms with Crippen LogP contribution in [0, 0.1) is 5.92 Å². The van der Waals surface area contributed by atoms with Crippen molar-refractivity contribution in [3.63, 3.8) is 0 Å². The number of benzene rings is 2. The van der Waals surface area contributed by atoms with Crippen molar-refractivity contribution in [3.05, 3.63) is 36.4 Å². The molecule has 1 saturated heterocycles. The minimum Gasteiger partial charge on any atom is -0.493 e. The van der Waals surface area contributed by atoms with Crippen LogP contribution in [0.4, 0.5) is 11.8 Å². The van der Waals surface area contributed by atoms with Gasteiger partial charge in [0.05, 0.1) is 39.4 Å². The molecule has 1 unspecified atom stereocenters. The summed E-state index contributed by atoms with van der Waals surface area (Å²) >= 11 is 0. The molecule has 0 aliphatic carbocycles. The molecule has 0 saturated carbocycles. The summed E-state index contributed by atoms with van der Waals surface area (Å²) < 4.78 is 21.9. The molecule has 3 aromatic rings. The van der Waals surface area contributed by atoms with Gasteiger partial charge in [-0.25, -0.2) is 4.98 Å². The van der Waals surface area contributed by atoms with Gasteiger partial charge in [0.15, 0.2) is 23.0 Å². The predicted molar refractivity (Wildman–Crippen MR) is 141 cm³/mol. The second kappa shape index (κ2) is 11.9. The summed E-state index contributed by atoms with van der Waals surface area (Å²) in [5.74, 6) is 3.07. The molecule has 0 spiro atoms. The van der Waals surface area contributed by atoms with Crippen molar-refractivity contribution in [1.82, 2.24) is 14.9 Å². The largest absolute Gasteiger partial charge is 0.493 e. The quantitative estimate of drug-likeness (QED) is 0.481. The number of amides is 1. The van der Waals surface area contributed by atoms with E-state index in [0.29, 0.717) is 71.8 Å². The van der Waals surface area contributed by atoms with E-state index in [0.717, 1.165) is 0 Å². The van der Waals surface area contributed by atoms with E-state index in [-0.39, 0.29) is 30.8 Å². The maximum Gasteiger partial charge on any atom is 0.228 e. The van der Waals surface area contributed by atoms with Gasteiger partial charge in [0.1, 0.15) is 5.82 Å². The van der Waals surface area contributed by atoms with Gasteiger partial charge in [0.2, 0.25) is 11.9 Å². The number of methoxy groups -OCH3 is 3. The molecule has 10 nitrogen and oxygen atoms in total. The van der Waals surface area contributed by atoms with E-state index in [1.165, 1.54) is 0 Å². The van der Waals surface area contributed by atoms with E-state index in [1.54, 1.807) is 33.5 Å². The highest BCUT2D eigenvalue weighted by Gasteiger charge is 2.27. The predicted octanol–water partition coefficient (Wildman–Crippen LogP) is 3.02. The zero-order chi connectivity index (χ0) is 24.9. The molecule has 194 valence electrons. The Kier molecular flexibility index (Phi) is 8.87. The van der Waals surface area contributed by atoms with Crippen LogP contribution in [0.15, 0.2) is 36.4 Å². The van der Waals surface area contributed by atoms with Crippen LogP contribution in [-0.4, -0.2) is 74.9 Å². The van der Waals surface area contributed by atoms with Gasteiger partial charge >= 0.3 is 0 Å². The summed E-state index contributed by atoms with van der Waals surface area (Å²) in [4.78, 5) is 26.1. The van der Waals surface area contributed by atoms with Gasteiger partial charge in [-0.1, -0.05) is 19.1 Å². The zero-order valence-corrected chi connectivity index (χ0v) is 21.7. The van der Waals surface area contributed by atoms with Gasteiger partial charge in [-0.05, 0) is 18.2 Å². The number of anilines is 2. The standard InChI is InChI=1S/C25H31N5O5.ClH/c1-16(15-35-20-8-6-5-7-19(20)32-2)24(31)29-9-11-30(12-10-29)25-27-18-14-22(34-4)21(33-3)13-17(18)23(26)28-25;/h5-8,13-14,16H,9-12,15H2,1-4H3,(H2,26,27,28);1H. The highest BCUT2D eigenvalue weighted by molar-refractivity contribution is 5.91. The third kappa shape index (κ3) is 5.59. The smallest absolute Gasteiger partial charge is 0.228 e. The number of ether oxygens (including phenoxy) is 4. The Morgan fingerprint density at radius 1 is 0.944 bits per heavy atom. The lowest BCUT2D eigenvalue weighted by atomic mass is 10.1. The molecule has 2 heterocycles. The number of para-hydroxylation sites is 2. The van der Waals surface area contributed by atoms with Crippen LogP contribution in [0.2, 0.25) is 0 Å². The highest BCUT2D eigenvalue weighted by Crippen LogP contribution is 2.34. The van der Waals surface area contributed by atoms with Crippen molar-refractivity contribution >= 4 is 41.0 Å². The molecule has 0 radical (unpaired) electrons. The number of aromatic nitrogens is 2. The lowest BCUT2D eigenvalue weighted by molar-refractivity contribution is -0.136. The first kappa shape index (κ1) is 26.9. The summed E-state index contributed by atoms with van der Waals surface area (Å²) in [6.07, 6.45) is 0. The molecule has 2 aromatic carbocycles. The number of rotatable bonds is 8. The lowest BCUT2D eigenvalue weighted by Gasteiger charge is -2.36. The maximum atomic E-state index is 13.0. The summed E-state index contributed by atoms with van der Waals surface area (Å²) in [6.45, 7) is 4.47. The van der Waals surface area contributed by atoms with E-state index in [2.05, 4.69) is 4.98 Å². The first-order chi connectivity index (χ1) is 16.9. The Morgan fingerprint density at radius 3 is 2.19 bits per heavy atom. The summed E-state index contributed by atoms with van der Waals surface area (Å²) in [6, 6.07) is 11.0. The fourth-order valence-corrected chi connectivity index (χ4v) is 4.07. The van der Waals surface area contributed by atoms with Gasteiger partial charge < -0.3 is 34.5 Å². The number of carbonyl (C=O) groups excluding carboxylic acids is 1. The van der Waals surface area contributed by atoms with Crippen LogP contribution in [0.25, 0.3) is 10.9 Å². The number of carbonyl (C=O) groups is 1. The normalized spacial score (nSPS) is 14.1. The second-order valence-corrected chi connectivity index (χ2v) is 8.31. The molecule has 11 heteroatoms. The number of piperazine rings is 1. The Morgan fingerprint density at radius 2 is 1.56 bits per heavy atom. The number of fused-ring (bicyclic) bond motifs is 1. The SMILES string of the molecule is COc1cc2nc(N3CCN(C(=O)C(C)COc4ccccc4OC)CC3)nc(N)c2cc1OC.Cl. The van der Waals surface area contributed by atoms with Crippen molar-refractivity contribution in [2.75, 3.05) is 64.7 Å². The molecule has 1 aromatic heterocycles. The molecule has 1 amide bonds. The number of nitrogen functional groups attached to an aromatic ring is 1. The van der Waals surface area contributed by atoms with Gasteiger partial charge in [-0.2, -0.15) is 4.98 Å². The molecule has 1 fully saturated rings. The fraction of sp³-hybridized carbons (Fsp3) is 0.400. The van der Waals surface area contributed by atoms with Crippen LogP contribution < -0.4 is 29.6 Å². The topological polar surface area (TPSA) is 112 Å². The third-order valence-corrected chi connectivity index (χ3v) is 6.07. The van der Waals surface area contributed by atoms with Crippen molar-refractivity contribution < 1.29 is 23.7 Å². The minimum absolute atomic E-state index is 0. The van der Waals surface area contributed by atoms with Crippen molar-refractivity contribution in [2.45, 2.75) is 6.92 Å². The monoisotopic (exact) mass is 517 g/mol. The number of hydrogen-bond acceptors (Lipinski definition) is 9. The van der Waals surface area contributed by atoms with E-state index >= 15 is 0 Å². The highest BCUT2D eigenvalue weighted by atomic mass is 35.5. The molecule has 1 atom stereocenters. The van der Waals surface area contributed by atoms with Crippen molar-refractivity contribution in [2.24, 2.45) is 5.92 Å². The second-order valence-electron chi connectivity index (χ2n) is 8.31. The first-order valence-corrected chi connectivity index (χ1v) is 11.4. The Balaban J connectivity index is 0.00000361. The molecule has 0 bridgehead atoms. The first-order valence-electron chi connectivity index (χ1n) is 11.4. The summed E-state index contributed by atoms with van der Waals surface area (Å²) in [7, 11) is 4.74. The molecule has 4 rings (SSSR count). The van der Waals surface area contributed by atoms with Crippen molar-refractivity contribution in [3.8, 4) is 23.0 Å². The molecule has 36 heavy (non-hydrogen) atoms. The molecular weight excluding hydrogens is 486 g/mol. The molecule has 1 aliphatic heterocycles. The number of nitrogens with zero attached hydrogens (tertiary/aromatic N) is 4. The van der Waals surface area contributed by atoms with Crippen LogP contribution in [-0.2, 0) is 4.79 Å². The molecule has 2 N–H and O–H groups in total. The number of nitrogens with two attached hydrogens (primary N) is 1. The van der Waals surface area contributed by atoms with Gasteiger partial charge in [-0.3, -0.25) is 4.79 Å². The van der Waals surface area contributed by atoms with E-state index in [9.17, 15) is 4.79 Å². The lowest BCUT2D eigenvalue weighted by Crippen LogP contribution is -2.51. The van der Waals surface area contributed by atoms with Gasteiger partial charge in [0, 0.05) is 37.6 Å². The van der Waals surface area contributed by atoms with E-state index in [4.69, 9.17) is 29.7 Å². The minimum atomic E-state index is -0.290. The maximum absolute atomic E-state index is 13.0. The zero-order valence-electron chi connectivity index (χ0n) is 20.9. The number of halogens is 1. The Hall–Kier alpha value is -3.66.